The van der Waals surface area contributed by atoms with E-state index in [1.165, 1.54) is 0 Å². The third-order valence-electron chi connectivity index (χ3n) is 4.06. The molecule has 126 valence electrons. The molecule has 1 fully saturated rings. The van der Waals surface area contributed by atoms with Gasteiger partial charge in [0, 0.05) is 19.1 Å². The van der Waals surface area contributed by atoms with Gasteiger partial charge in [0.05, 0.1) is 0 Å². The molecule has 1 aliphatic heterocycles. The predicted molar refractivity (Wildman–Crippen MR) is 85.0 cm³/mol. The van der Waals surface area contributed by atoms with E-state index in [1.807, 2.05) is 19.9 Å². The van der Waals surface area contributed by atoms with Crippen LogP contribution in [0.1, 0.15) is 56.1 Å². The van der Waals surface area contributed by atoms with Gasteiger partial charge in [-0.15, -0.1) is 10.2 Å². The largest absolute Gasteiger partial charge is 0.381 e. The summed E-state index contributed by atoms with van der Waals surface area (Å²) in [4.78, 5) is 4.53. The number of nitrogens with zero attached hydrogens (tertiary/aromatic N) is 5. The van der Waals surface area contributed by atoms with E-state index >= 15 is 0 Å². The summed E-state index contributed by atoms with van der Waals surface area (Å²) in [5.41, 5.74) is 0.281. The Morgan fingerprint density at radius 1 is 1.25 bits per heavy atom. The summed E-state index contributed by atoms with van der Waals surface area (Å²) >= 11 is 0. The van der Waals surface area contributed by atoms with Crippen molar-refractivity contribution >= 4 is 5.82 Å². The smallest absolute Gasteiger partial charge is 0.249 e. The number of nitrogens with one attached hydrogen (secondary N) is 1. The van der Waals surface area contributed by atoms with E-state index in [0.717, 1.165) is 12.8 Å². The molecular formula is C16H20N6O2. The summed E-state index contributed by atoms with van der Waals surface area (Å²) in [5.74, 6) is 2.32. The number of nitriles is 1. The molecule has 2 aromatic rings. The quantitative estimate of drug-likeness (QED) is 0.891. The van der Waals surface area contributed by atoms with Crippen LogP contribution in [0, 0.1) is 17.2 Å². The molecule has 0 radical (unpaired) electrons. The lowest BCUT2D eigenvalue weighted by Crippen LogP contribution is -2.27. The van der Waals surface area contributed by atoms with E-state index in [2.05, 4.69) is 25.7 Å². The minimum atomic E-state index is -0.156. The first kappa shape index (κ1) is 16.3. The maximum absolute atomic E-state index is 8.83. The van der Waals surface area contributed by atoms with Crippen LogP contribution in [-0.4, -0.2) is 33.6 Å². The standard InChI is InChI=1S/C16H20N6O2/c1-10(2)15-19-16(24-22-15)14(11-5-7-23-8-6-11)18-13-4-3-12(9-17)20-21-13/h3-4,10-11,14H,5-8H2,1-2H3,(H,18,21)/t14-/m0/s1. The molecule has 3 rings (SSSR count). The van der Waals surface area contributed by atoms with E-state index in [-0.39, 0.29) is 17.7 Å². The Hall–Kier alpha value is -2.53. The summed E-state index contributed by atoms with van der Waals surface area (Å²) in [6.07, 6.45) is 1.81. The molecule has 8 nitrogen and oxygen atoms in total. The molecule has 2 aromatic heterocycles. The summed E-state index contributed by atoms with van der Waals surface area (Å²) < 4.78 is 10.9. The molecule has 0 aliphatic carbocycles. The lowest BCUT2D eigenvalue weighted by molar-refractivity contribution is 0.0570. The van der Waals surface area contributed by atoms with Crippen molar-refractivity contribution in [3.63, 3.8) is 0 Å². The van der Waals surface area contributed by atoms with Crippen LogP contribution in [0.25, 0.3) is 0 Å². The van der Waals surface area contributed by atoms with Crippen LogP contribution in [0.15, 0.2) is 16.7 Å². The van der Waals surface area contributed by atoms with Crippen molar-refractivity contribution in [2.75, 3.05) is 18.5 Å². The highest BCUT2D eigenvalue weighted by Gasteiger charge is 2.30. The Balaban J connectivity index is 1.84. The highest BCUT2D eigenvalue weighted by atomic mass is 16.5. The third kappa shape index (κ3) is 3.68. The van der Waals surface area contributed by atoms with Gasteiger partial charge in [-0.1, -0.05) is 19.0 Å². The van der Waals surface area contributed by atoms with Gasteiger partial charge in [-0.2, -0.15) is 10.2 Å². The van der Waals surface area contributed by atoms with Crippen LogP contribution in [0.4, 0.5) is 5.82 Å². The second kappa shape index (κ2) is 7.36. The van der Waals surface area contributed by atoms with Crippen molar-refractivity contribution < 1.29 is 9.26 Å². The minimum absolute atomic E-state index is 0.156. The van der Waals surface area contributed by atoms with Crippen molar-refractivity contribution in [1.82, 2.24) is 20.3 Å². The van der Waals surface area contributed by atoms with Gasteiger partial charge in [0.2, 0.25) is 5.89 Å². The monoisotopic (exact) mass is 328 g/mol. The van der Waals surface area contributed by atoms with Gasteiger partial charge in [-0.05, 0) is 30.9 Å². The molecule has 3 heterocycles. The van der Waals surface area contributed by atoms with Gasteiger partial charge >= 0.3 is 0 Å². The Labute approximate surface area is 140 Å². The average Bonchev–Trinajstić information content (AvgIpc) is 3.11. The second-order valence-electron chi connectivity index (χ2n) is 6.13. The molecule has 1 N–H and O–H groups in total. The van der Waals surface area contributed by atoms with E-state index in [1.54, 1.807) is 12.1 Å². The molecule has 24 heavy (non-hydrogen) atoms. The zero-order valence-electron chi connectivity index (χ0n) is 13.8. The highest BCUT2D eigenvalue weighted by molar-refractivity contribution is 5.37. The zero-order valence-corrected chi connectivity index (χ0v) is 13.8. The van der Waals surface area contributed by atoms with Crippen molar-refractivity contribution in [2.24, 2.45) is 5.92 Å². The summed E-state index contributed by atoms with van der Waals surface area (Å²) in [6.45, 7) is 5.48. The zero-order chi connectivity index (χ0) is 16.9. The van der Waals surface area contributed by atoms with Crippen LogP contribution in [-0.2, 0) is 4.74 Å². The predicted octanol–water partition coefficient (Wildman–Crippen LogP) is 2.43. The van der Waals surface area contributed by atoms with Gasteiger partial charge in [0.15, 0.2) is 11.5 Å². The first-order chi connectivity index (χ1) is 11.7. The number of hydrogen-bond donors (Lipinski definition) is 1. The van der Waals surface area contributed by atoms with Crippen LogP contribution in [0.2, 0.25) is 0 Å². The van der Waals surface area contributed by atoms with Gasteiger partial charge in [0.1, 0.15) is 17.9 Å². The fourth-order valence-electron chi connectivity index (χ4n) is 2.67. The van der Waals surface area contributed by atoms with Crippen molar-refractivity contribution in [2.45, 2.75) is 38.6 Å². The van der Waals surface area contributed by atoms with Gasteiger partial charge in [-0.25, -0.2) is 0 Å². The minimum Gasteiger partial charge on any atom is -0.381 e. The summed E-state index contributed by atoms with van der Waals surface area (Å²) in [7, 11) is 0. The first-order valence-corrected chi connectivity index (χ1v) is 8.09. The molecule has 0 spiro atoms. The average molecular weight is 328 g/mol. The van der Waals surface area contributed by atoms with Crippen LogP contribution in [0.3, 0.4) is 0 Å². The topological polar surface area (TPSA) is 110 Å². The van der Waals surface area contributed by atoms with E-state index in [0.29, 0.717) is 36.7 Å². The number of hydrogen-bond acceptors (Lipinski definition) is 8. The van der Waals surface area contributed by atoms with Crippen molar-refractivity contribution in [1.29, 1.82) is 5.26 Å². The molecule has 0 bridgehead atoms. The second-order valence-corrected chi connectivity index (χ2v) is 6.13. The normalized spacial score (nSPS) is 16.8. The Bertz CT molecular complexity index is 700. The number of ether oxygens (including phenoxy) is 1. The maximum Gasteiger partial charge on any atom is 0.249 e. The first-order valence-electron chi connectivity index (χ1n) is 8.09. The molecule has 0 aromatic carbocycles. The summed E-state index contributed by atoms with van der Waals surface area (Å²) in [5, 5.41) is 24.1. The van der Waals surface area contributed by atoms with Gasteiger partial charge < -0.3 is 14.6 Å². The molecule has 1 atom stereocenters. The molecule has 0 unspecified atom stereocenters. The fraction of sp³-hybridized carbons (Fsp3) is 0.562. The molecular weight excluding hydrogens is 308 g/mol. The number of aromatic nitrogens is 4. The van der Waals surface area contributed by atoms with Gasteiger partial charge in [0.25, 0.3) is 0 Å². The molecule has 8 heteroatoms. The fourth-order valence-corrected chi connectivity index (χ4v) is 2.67. The third-order valence-corrected chi connectivity index (χ3v) is 4.06. The van der Waals surface area contributed by atoms with Crippen molar-refractivity contribution in [3.05, 3.63) is 29.5 Å². The lowest BCUT2D eigenvalue weighted by atomic mass is 9.91. The molecule has 0 amide bonds. The van der Waals surface area contributed by atoms with Crippen LogP contribution < -0.4 is 5.32 Å². The molecule has 1 aliphatic rings. The number of anilines is 1. The SMILES string of the molecule is CC(C)c1noc([C@@H](Nc2ccc(C#N)nn2)C2CCOCC2)n1. The van der Waals surface area contributed by atoms with Crippen LogP contribution in [0.5, 0.6) is 0 Å². The molecule has 1 saturated heterocycles. The lowest BCUT2D eigenvalue weighted by Gasteiger charge is -2.28. The Kier molecular flexibility index (Phi) is 5.01. The Morgan fingerprint density at radius 2 is 2.04 bits per heavy atom. The molecule has 0 saturated carbocycles. The summed E-state index contributed by atoms with van der Waals surface area (Å²) in [6, 6.07) is 5.17. The Morgan fingerprint density at radius 3 is 2.62 bits per heavy atom. The van der Waals surface area contributed by atoms with Crippen LogP contribution >= 0.6 is 0 Å². The van der Waals surface area contributed by atoms with E-state index < -0.39 is 0 Å². The van der Waals surface area contributed by atoms with Crippen molar-refractivity contribution in [3.8, 4) is 6.07 Å². The number of rotatable bonds is 5. The van der Waals surface area contributed by atoms with Gasteiger partial charge in [-0.3, -0.25) is 0 Å². The maximum atomic E-state index is 8.83. The highest BCUT2D eigenvalue weighted by Crippen LogP contribution is 2.32. The van der Waals surface area contributed by atoms with E-state index in [9.17, 15) is 0 Å². The van der Waals surface area contributed by atoms with E-state index in [4.69, 9.17) is 14.5 Å².